The van der Waals surface area contributed by atoms with Crippen molar-refractivity contribution in [1.82, 2.24) is 0 Å². The molecule has 0 atom stereocenters. The molecule has 3 heteroatoms. The van der Waals surface area contributed by atoms with Gasteiger partial charge in [0.25, 0.3) is 0 Å². The van der Waals surface area contributed by atoms with Gasteiger partial charge in [0, 0.05) is 0 Å². The van der Waals surface area contributed by atoms with Gasteiger partial charge in [0.05, 0.1) is 0 Å². The van der Waals surface area contributed by atoms with E-state index in [0.29, 0.717) is 0 Å². The van der Waals surface area contributed by atoms with E-state index in [9.17, 15) is 0 Å². The molecule has 0 N–H and O–H groups in total. The molecule has 0 amide bonds. The molecule has 0 radical (unpaired) electrons. The van der Waals surface area contributed by atoms with Crippen LogP contribution in [0.25, 0.3) is 0 Å². The highest BCUT2D eigenvalue weighted by Gasteiger charge is 1.75. The van der Waals surface area contributed by atoms with Crippen LogP contribution in [0.1, 0.15) is 39.5 Å². The third-order valence-electron chi connectivity index (χ3n) is 0.957. The van der Waals surface area contributed by atoms with Crippen molar-refractivity contribution in [2.45, 2.75) is 39.5 Å². The predicted octanol–water partition coefficient (Wildman–Crippen LogP) is 3.04. The zero-order valence-corrected chi connectivity index (χ0v) is 6.05. The Hall–Kier alpha value is -0.210. The third-order valence-corrected chi connectivity index (χ3v) is 0.957. The van der Waals surface area contributed by atoms with Gasteiger partial charge in [0.15, 0.2) is 0 Å². The molecule has 0 unspecified atom stereocenters. The van der Waals surface area contributed by atoms with Crippen LogP contribution in [0.5, 0.6) is 0 Å². The molecular formula is C6H17F3. The molecule has 0 rings (SSSR count). The quantitative estimate of drug-likeness (QED) is 0.537. The maximum absolute atomic E-state index is 2.23. The van der Waals surface area contributed by atoms with Crippen molar-refractivity contribution in [2.75, 3.05) is 0 Å². The normalized spacial score (nSPS) is 6.00. The lowest BCUT2D eigenvalue weighted by molar-refractivity contribution is 0.702. The van der Waals surface area contributed by atoms with Crippen LogP contribution in [-0.2, 0) is 0 Å². The number of hydrogen-bond acceptors (Lipinski definition) is 0. The van der Waals surface area contributed by atoms with Crippen LogP contribution in [0.2, 0.25) is 0 Å². The van der Waals surface area contributed by atoms with Crippen LogP contribution in [0.3, 0.4) is 0 Å². The summed E-state index contributed by atoms with van der Waals surface area (Å²) in [7, 11) is 0. The van der Waals surface area contributed by atoms with Gasteiger partial charge in [-0.15, -0.1) is 0 Å². The first-order valence-corrected chi connectivity index (χ1v) is 2.91. The van der Waals surface area contributed by atoms with Crippen molar-refractivity contribution < 1.29 is 14.1 Å². The summed E-state index contributed by atoms with van der Waals surface area (Å²) in [5, 5.41) is 0. The van der Waals surface area contributed by atoms with Crippen molar-refractivity contribution in [3.8, 4) is 0 Å². The maximum Gasteiger partial charge on any atom is -0.0536 e. The average Bonchev–Trinajstić information content (AvgIpc) is 1.61. The second-order valence-electron chi connectivity index (χ2n) is 1.71. The highest BCUT2D eigenvalue weighted by Crippen LogP contribution is 1.95. The summed E-state index contributed by atoms with van der Waals surface area (Å²) in [5.41, 5.74) is 0. The lowest BCUT2D eigenvalue weighted by Gasteiger charge is -1.86. The van der Waals surface area contributed by atoms with Crippen molar-refractivity contribution in [1.29, 1.82) is 0 Å². The molecule has 0 spiro atoms. The van der Waals surface area contributed by atoms with Gasteiger partial charge in [-0.3, -0.25) is 14.1 Å². The summed E-state index contributed by atoms with van der Waals surface area (Å²) >= 11 is 0. The minimum atomic E-state index is 0. The van der Waals surface area contributed by atoms with Gasteiger partial charge in [-0.1, -0.05) is 39.5 Å². The fourth-order valence-electron chi connectivity index (χ4n) is 0.500. The smallest absolute Gasteiger partial charge is 0.0536 e. The van der Waals surface area contributed by atoms with E-state index < -0.39 is 0 Å². The second kappa shape index (κ2) is 25.0. The van der Waals surface area contributed by atoms with Crippen LogP contribution in [-0.4, -0.2) is 0 Å². The minimum Gasteiger partial charge on any atom is -0.269 e. The molecule has 0 heterocycles. The molecule has 0 saturated heterocycles. The van der Waals surface area contributed by atoms with Gasteiger partial charge in [0.2, 0.25) is 0 Å². The topological polar surface area (TPSA) is 0 Å². The summed E-state index contributed by atoms with van der Waals surface area (Å²) in [6, 6.07) is 0. The van der Waals surface area contributed by atoms with E-state index in [1.807, 2.05) is 0 Å². The molecule has 0 nitrogen and oxygen atoms in total. The number of hydrogen-bond donors (Lipinski definition) is 0. The van der Waals surface area contributed by atoms with Crippen LogP contribution >= 0.6 is 0 Å². The van der Waals surface area contributed by atoms with Crippen molar-refractivity contribution >= 4 is 0 Å². The Balaban J connectivity index is -0.0000000417. The minimum absolute atomic E-state index is 0. The fraction of sp³-hybridized carbons (Fsp3) is 1.00. The highest BCUT2D eigenvalue weighted by atomic mass is 19.0. The molecule has 9 heavy (non-hydrogen) atoms. The van der Waals surface area contributed by atoms with Gasteiger partial charge in [0.1, 0.15) is 0 Å². The lowest BCUT2D eigenvalue weighted by atomic mass is 10.2. The standard InChI is InChI=1S/C6H14.3FH/c1-3-5-6-4-2;;;/h3-6H2,1-2H3;3*1H. The fourth-order valence-corrected chi connectivity index (χ4v) is 0.500. The summed E-state index contributed by atoms with van der Waals surface area (Å²) < 4.78 is 0. The average molecular weight is 146 g/mol. The van der Waals surface area contributed by atoms with Gasteiger partial charge in [-0.25, -0.2) is 0 Å². The van der Waals surface area contributed by atoms with E-state index in [4.69, 9.17) is 0 Å². The molecule has 0 aliphatic rings. The molecule has 62 valence electrons. The molecule has 0 bridgehead atoms. The number of halogens is 3. The second-order valence-corrected chi connectivity index (χ2v) is 1.71. The van der Waals surface area contributed by atoms with E-state index in [2.05, 4.69) is 13.8 Å². The zero-order chi connectivity index (χ0) is 4.83. The molecule has 0 fully saturated rings. The van der Waals surface area contributed by atoms with Crippen LogP contribution in [0.15, 0.2) is 0 Å². The molecule has 0 aromatic rings. The van der Waals surface area contributed by atoms with Gasteiger partial charge < -0.3 is 0 Å². The van der Waals surface area contributed by atoms with Crippen molar-refractivity contribution in [3.63, 3.8) is 0 Å². The van der Waals surface area contributed by atoms with Gasteiger partial charge in [-0.2, -0.15) is 0 Å². The van der Waals surface area contributed by atoms with E-state index in [1.165, 1.54) is 25.7 Å². The molecule has 0 aliphatic carbocycles. The molecule has 0 aromatic heterocycles. The van der Waals surface area contributed by atoms with Crippen LogP contribution in [0.4, 0.5) is 14.1 Å². The van der Waals surface area contributed by atoms with Crippen molar-refractivity contribution in [3.05, 3.63) is 0 Å². The molecule has 0 saturated carbocycles. The highest BCUT2D eigenvalue weighted by molar-refractivity contribution is 4.31. The van der Waals surface area contributed by atoms with Crippen molar-refractivity contribution in [2.24, 2.45) is 0 Å². The molecular weight excluding hydrogens is 129 g/mol. The summed E-state index contributed by atoms with van der Waals surface area (Å²) in [6.45, 7) is 4.46. The Morgan fingerprint density at radius 3 is 1.00 bits per heavy atom. The van der Waals surface area contributed by atoms with Gasteiger partial charge >= 0.3 is 0 Å². The monoisotopic (exact) mass is 146 g/mol. The molecule has 0 aliphatic heterocycles. The lowest BCUT2D eigenvalue weighted by Crippen LogP contribution is -1.66. The largest absolute Gasteiger partial charge is 0.269 e. The summed E-state index contributed by atoms with van der Waals surface area (Å²) in [6.07, 6.45) is 5.54. The summed E-state index contributed by atoms with van der Waals surface area (Å²) in [5.74, 6) is 0. The number of unbranched alkanes of at least 4 members (excludes halogenated alkanes) is 3. The Bertz CT molecular complexity index is 20.3. The first-order valence-electron chi connectivity index (χ1n) is 2.91. The zero-order valence-electron chi connectivity index (χ0n) is 6.05. The van der Waals surface area contributed by atoms with E-state index in [-0.39, 0.29) is 14.1 Å². The Labute approximate surface area is 54.7 Å². The summed E-state index contributed by atoms with van der Waals surface area (Å²) in [4.78, 5) is 0. The third kappa shape index (κ3) is 33.5. The Morgan fingerprint density at radius 1 is 0.667 bits per heavy atom. The maximum atomic E-state index is 2.23. The Kier molecular flexibility index (Phi) is 64.6. The first-order chi connectivity index (χ1) is 2.91. The number of rotatable bonds is 3. The van der Waals surface area contributed by atoms with E-state index >= 15 is 0 Å². The van der Waals surface area contributed by atoms with Crippen LogP contribution in [0, 0.1) is 0 Å². The van der Waals surface area contributed by atoms with E-state index in [1.54, 1.807) is 0 Å². The van der Waals surface area contributed by atoms with Crippen LogP contribution < -0.4 is 0 Å². The SMILES string of the molecule is CCCCCC.F.F.F. The van der Waals surface area contributed by atoms with E-state index in [0.717, 1.165) is 0 Å². The first kappa shape index (κ1) is 23.2. The molecule has 0 aromatic carbocycles. The Morgan fingerprint density at radius 2 is 0.889 bits per heavy atom. The van der Waals surface area contributed by atoms with Gasteiger partial charge in [-0.05, 0) is 0 Å². The predicted molar refractivity (Wildman–Crippen MR) is 37.3 cm³/mol.